The SMILES string of the molecule is CC1(C)CC(C)(C)CC(N)(Cc2ccccc2F)C1. The highest BCUT2D eigenvalue weighted by atomic mass is 19.1. The molecule has 1 aliphatic carbocycles. The summed E-state index contributed by atoms with van der Waals surface area (Å²) in [5, 5.41) is 0. The Morgan fingerprint density at radius 3 is 2.05 bits per heavy atom. The van der Waals surface area contributed by atoms with Crippen molar-refractivity contribution in [2.45, 2.75) is 58.9 Å². The molecule has 1 nitrogen and oxygen atoms in total. The predicted molar refractivity (Wildman–Crippen MR) is 78.4 cm³/mol. The van der Waals surface area contributed by atoms with Crippen LogP contribution in [0.25, 0.3) is 0 Å². The van der Waals surface area contributed by atoms with Crippen LogP contribution in [0.15, 0.2) is 24.3 Å². The Morgan fingerprint density at radius 1 is 1.00 bits per heavy atom. The third kappa shape index (κ3) is 3.56. The van der Waals surface area contributed by atoms with Crippen molar-refractivity contribution in [3.63, 3.8) is 0 Å². The molecule has 0 aliphatic heterocycles. The highest BCUT2D eigenvalue weighted by molar-refractivity contribution is 5.21. The molecule has 0 unspecified atom stereocenters. The summed E-state index contributed by atoms with van der Waals surface area (Å²) in [5.74, 6) is -0.131. The Bertz CT molecular complexity index is 446. The van der Waals surface area contributed by atoms with Crippen molar-refractivity contribution in [1.82, 2.24) is 0 Å². The molecule has 0 bridgehead atoms. The van der Waals surface area contributed by atoms with Gasteiger partial charge in [0.25, 0.3) is 0 Å². The van der Waals surface area contributed by atoms with E-state index in [1.165, 1.54) is 12.5 Å². The molecule has 2 heteroatoms. The van der Waals surface area contributed by atoms with Crippen LogP contribution in [0, 0.1) is 16.6 Å². The molecule has 1 aromatic rings. The van der Waals surface area contributed by atoms with Crippen molar-refractivity contribution in [3.8, 4) is 0 Å². The van der Waals surface area contributed by atoms with Gasteiger partial charge in [0.1, 0.15) is 5.82 Å². The Morgan fingerprint density at radius 2 is 1.53 bits per heavy atom. The summed E-state index contributed by atoms with van der Waals surface area (Å²) in [7, 11) is 0. The van der Waals surface area contributed by atoms with E-state index in [9.17, 15) is 4.39 Å². The lowest BCUT2D eigenvalue weighted by Gasteiger charge is -2.50. The largest absolute Gasteiger partial charge is 0.325 e. The van der Waals surface area contributed by atoms with Crippen molar-refractivity contribution < 1.29 is 4.39 Å². The van der Waals surface area contributed by atoms with Crippen LogP contribution in [-0.4, -0.2) is 5.54 Å². The van der Waals surface area contributed by atoms with Crippen molar-refractivity contribution in [3.05, 3.63) is 35.6 Å². The number of rotatable bonds is 2. The molecule has 106 valence electrons. The molecule has 2 N–H and O–H groups in total. The van der Waals surface area contributed by atoms with Gasteiger partial charge in [-0.1, -0.05) is 45.9 Å². The zero-order valence-corrected chi connectivity index (χ0v) is 12.6. The van der Waals surface area contributed by atoms with Gasteiger partial charge in [0, 0.05) is 5.54 Å². The van der Waals surface area contributed by atoms with Crippen LogP contribution >= 0.6 is 0 Å². The molecular weight excluding hydrogens is 237 g/mol. The molecule has 1 aromatic carbocycles. The first kappa shape index (κ1) is 14.5. The third-order valence-corrected chi connectivity index (χ3v) is 4.12. The topological polar surface area (TPSA) is 26.0 Å². The highest BCUT2D eigenvalue weighted by Crippen LogP contribution is 2.50. The fourth-order valence-electron chi connectivity index (χ4n) is 4.54. The molecule has 0 radical (unpaired) electrons. The summed E-state index contributed by atoms with van der Waals surface area (Å²) >= 11 is 0. The van der Waals surface area contributed by atoms with Gasteiger partial charge in [-0.15, -0.1) is 0 Å². The molecular formula is C17H26FN. The molecule has 0 amide bonds. The van der Waals surface area contributed by atoms with Crippen molar-refractivity contribution in [2.75, 3.05) is 0 Å². The minimum absolute atomic E-state index is 0.131. The first-order valence-electron chi connectivity index (χ1n) is 7.13. The summed E-state index contributed by atoms with van der Waals surface area (Å²) in [6.07, 6.45) is 3.72. The monoisotopic (exact) mass is 263 g/mol. The second kappa shape index (κ2) is 4.59. The van der Waals surface area contributed by atoms with Gasteiger partial charge in [-0.25, -0.2) is 4.39 Å². The lowest BCUT2D eigenvalue weighted by Crippen LogP contribution is -2.53. The molecule has 0 spiro atoms. The number of nitrogens with two attached hydrogens (primary N) is 1. The lowest BCUT2D eigenvalue weighted by molar-refractivity contribution is 0.0483. The Hall–Kier alpha value is -0.890. The zero-order chi connectivity index (χ0) is 14.3. The molecule has 0 heterocycles. The van der Waals surface area contributed by atoms with Crippen molar-refractivity contribution >= 4 is 0 Å². The van der Waals surface area contributed by atoms with Gasteiger partial charge < -0.3 is 5.73 Å². The number of halogens is 1. The fourth-order valence-corrected chi connectivity index (χ4v) is 4.54. The quantitative estimate of drug-likeness (QED) is 0.845. The first-order valence-corrected chi connectivity index (χ1v) is 7.13. The summed E-state index contributed by atoms with van der Waals surface area (Å²) < 4.78 is 13.8. The Balaban J connectivity index is 2.25. The van der Waals surface area contributed by atoms with Gasteiger partial charge in [0.05, 0.1) is 0 Å². The normalized spacial score (nSPS) is 24.1. The maximum absolute atomic E-state index is 13.8. The second-order valence-corrected chi connectivity index (χ2v) is 7.99. The average Bonchev–Trinajstić information content (AvgIpc) is 2.15. The lowest BCUT2D eigenvalue weighted by atomic mass is 9.57. The highest BCUT2D eigenvalue weighted by Gasteiger charge is 2.45. The molecule has 19 heavy (non-hydrogen) atoms. The first-order chi connectivity index (χ1) is 8.61. The summed E-state index contributed by atoms with van der Waals surface area (Å²) in [4.78, 5) is 0. The maximum Gasteiger partial charge on any atom is 0.126 e. The van der Waals surface area contributed by atoms with Crippen LogP contribution in [0.5, 0.6) is 0 Å². The number of benzene rings is 1. The Kier molecular flexibility index (Phi) is 3.51. The molecule has 1 saturated carbocycles. The molecule has 0 atom stereocenters. The predicted octanol–water partition coefficient (Wildman–Crippen LogP) is 4.30. The minimum atomic E-state index is -0.298. The molecule has 0 saturated heterocycles. The second-order valence-electron chi connectivity index (χ2n) is 7.99. The van der Waals surface area contributed by atoms with Gasteiger partial charge in [0.2, 0.25) is 0 Å². The van der Waals surface area contributed by atoms with E-state index in [2.05, 4.69) is 27.7 Å². The minimum Gasteiger partial charge on any atom is -0.325 e. The van der Waals surface area contributed by atoms with E-state index in [4.69, 9.17) is 5.73 Å². The van der Waals surface area contributed by atoms with E-state index in [1.807, 2.05) is 12.1 Å². The third-order valence-electron chi connectivity index (χ3n) is 4.12. The van der Waals surface area contributed by atoms with Crippen LogP contribution in [-0.2, 0) is 6.42 Å². The standard InChI is InChI=1S/C17H26FN/c1-15(2)10-16(3,4)12-17(19,11-15)9-13-7-5-6-8-14(13)18/h5-8H,9-12,19H2,1-4H3. The van der Waals surface area contributed by atoms with Gasteiger partial charge in [-0.2, -0.15) is 0 Å². The summed E-state index contributed by atoms with van der Waals surface area (Å²) in [5.41, 5.74) is 7.54. The van der Waals surface area contributed by atoms with E-state index in [0.717, 1.165) is 18.4 Å². The zero-order valence-electron chi connectivity index (χ0n) is 12.6. The average molecular weight is 263 g/mol. The summed E-state index contributed by atoms with van der Waals surface area (Å²) in [6.45, 7) is 9.10. The van der Waals surface area contributed by atoms with Crippen molar-refractivity contribution in [2.24, 2.45) is 16.6 Å². The van der Waals surface area contributed by atoms with Gasteiger partial charge in [0.15, 0.2) is 0 Å². The molecule has 1 aliphatic rings. The van der Waals surface area contributed by atoms with E-state index in [0.29, 0.717) is 6.42 Å². The molecule has 1 fully saturated rings. The molecule has 0 aromatic heterocycles. The van der Waals surface area contributed by atoms with E-state index < -0.39 is 0 Å². The van der Waals surface area contributed by atoms with Gasteiger partial charge >= 0.3 is 0 Å². The smallest absolute Gasteiger partial charge is 0.126 e. The maximum atomic E-state index is 13.8. The van der Waals surface area contributed by atoms with Gasteiger partial charge in [-0.05, 0) is 48.1 Å². The molecule has 2 rings (SSSR count). The number of hydrogen-bond donors (Lipinski definition) is 1. The van der Waals surface area contributed by atoms with Crippen LogP contribution in [0.1, 0.15) is 52.5 Å². The fraction of sp³-hybridized carbons (Fsp3) is 0.647. The number of hydrogen-bond acceptors (Lipinski definition) is 1. The van der Waals surface area contributed by atoms with Crippen molar-refractivity contribution in [1.29, 1.82) is 0 Å². The van der Waals surface area contributed by atoms with E-state index >= 15 is 0 Å². The van der Waals surface area contributed by atoms with Crippen LogP contribution in [0.2, 0.25) is 0 Å². The van der Waals surface area contributed by atoms with E-state index in [-0.39, 0.29) is 22.2 Å². The van der Waals surface area contributed by atoms with Crippen LogP contribution < -0.4 is 5.73 Å². The van der Waals surface area contributed by atoms with Crippen LogP contribution in [0.4, 0.5) is 4.39 Å². The van der Waals surface area contributed by atoms with Crippen LogP contribution in [0.3, 0.4) is 0 Å². The Labute approximate surface area is 116 Å². The van der Waals surface area contributed by atoms with E-state index in [1.54, 1.807) is 6.07 Å². The van der Waals surface area contributed by atoms with Gasteiger partial charge in [-0.3, -0.25) is 0 Å². The summed E-state index contributed by atoms with van der Waals surface area (Å²) in [6, 6.07) is 7.01.